The summed E-state index contributed by atoms with van der Waals surface area (Å²) in [6, 6.07) is 4.69. The van der Waals surface area contributed by atoms with Gasteiger partial charge in [-0.3, -0.25) is 9.59 Å². The van der Waals surface area contributed by atoms with Crippen LogP contribution in [0, 0.1) is 0 Å². The molecular weight excluding hydrogens is 327 g/mol. The molecule has 1 aromatic rings. The molecule has 0 aliphatic heterocycles. The molecule has 2 amide bonds. The molecule has 0 radical (unpaired) electrons. The lowest BCUT2D eigenvalue weighted by Gasteiger charge is -2.21. The lowest BCUT2D eigenvalue weighted by Crippen LogP contribution is -2.38. The maximum Gasteiger partial charge on any atom is 0.251 e. The quantitative estimate of drug-likeness (QED) is 0.736. The van der Waals surface area contributed by atoms with Gasteiger partial charge in [0, 0.05) is 45.8 Å². The molecule has 0 unspecified atom stereocenters. The van der Waals surface area contributed by atoms with Crippen molar-refractivity contribution in [2.75, 3.05) is 33.4 Å². The number of hydrogen-bond acceptors (Lipinski definition) is 3. The highest BCUT2D eigenvalue weighted by atomic mass is 35.5. The van der Waals surface area contributed by atoms with Crippen LogP contribution in [0.3, 0.4) is 0 Å². The lowest BCUT2D eigenvalue weighted by molar-refractivity contribution is -0.129. The van der Waals surface area contributed by atoms with Crippen LogP contribution in [0.15, 0.2) is 18.2 Å². The van der Waals surface area contributed by atoms with Crippen molar-refractivity contribution in [1.29, 1.82) is 0 Å². The zero-order chi connectivity index (χ0) is 16.5. The summed E-state index contributed by atoms with van der Waals surface area (Å²) in [6.07, 6.45) is 0.761. The number of halogens is 2. The molecule has 0 heterocycles. The summed E-state index contributed by atoms with van der Waals surface area (Å²) in [5, 5.41) is 3.49. The third-order valence-electron chi connectivity index (χ3n) is 3.07. The van der Waals surface area contributed by atoms with E-state index in [1.165, 1.54) is 13.0 Å². The number of nitrogens with one attached hydrogen (secondary N) is 1. The van der Waals surface area contributed by atoms with Crippen LogP contribution in [0.1, 0.15) is 23.7 Å². The second-order valence-electron chi connectivity index (χ2n) is 4.74. The summed E-state index contributed by atoms with van der Waals surface area (Å²) in [4.78, 5) is 25.2. The average Bonchev–Trinajstić information content (AvgIpc) is 2.48. The summed E-state index contributed by atoms with van der Waals surface area (Å²) in [5.41, 5.74) is 0.433. The number of carbonyl (C=O) groups is 2. The minimum atomic E-state index is -0.251. The van der Waals surface area contributed by atoms with E-state index in [9.17, 15) is 9.59 Å². The smallest absolute Gasteiger partial charge is 0.251 e. The zero-order valence-corrected chi connectivity index (χ0v) is 14.2. The first-order valence-electron chi connectivity index (χ1n) is 6.93. The summed E-state index contributed by atoms with van der Waals surface area (Å²) >= 11 is 11.7. The minimum Gasteiger partial charge on any atom is -0.385 e. The Bertz CT molecular complexity index is 524. The Kier molecular flexibility index (Phi) is 8.24. The third-order valence-corrected chi connectivity index (χ3v) is 3.81. The Hall–Kier alpha value is -1.30. The second kappa shape index (κ2) is 9.66. The van der Waals surface area contributed by atoms with Gasteiger partial charge in [-0.15, -0.1) is 0 Å². The van der Waals surface area contributed by atoms with Gasteiger partial charge >= 0.3 is 0 Å². The van der Waals surface area contributed by atoms with Crippen molar-refractivity contribution in [3.05, 3.63) is 33.8 Å². The first kappa shape index (κ1) is 18.7. The van der Waals surface area contributed by atoms with Gasteiger partial charge in [-0.25, -0.2) is 0 Å². The molecule has 7 heteroatoms. The number of amides is 2. The van der Waals surface area contributed by atoms with E-state index in [1.807, 2.05) is 0 Å². The maximum absolute atomic E-state index is 12.0. The molecular formula is C15H20Cl2N2O3. The number of hydrogen-bond donors (Lipinski definition) is 1. The van der Waals surface area contributed by atoms with Gasteiger partial charge in [0.15, 0.2) is 0 Å². The van der Waals surface area contributed by atoms with E-state index >= 15 is 0 Å². The van der Waals surface area contributed by atoms with Crippen LogP contribution in [-0.2, 0) is 9.53 Å². The molecule has 1 rings (SSSR count). The van der Waals surface area contributed by atoms with E-state index in [2.05, 4.69) is 5.32 Å². The van der Waals surface area contributed by atoms with Gasteiger partial charge in [0.25, 0.3) is 5.91 Å². The fourth-order valence-electron chi connectivity index (χ4n) is 1.87. The Morgan fingerprint density at radius 3 is 2.55 bits per heavy atom. The topological polar surface area (TPSA) is 58.6 Å². The Morgan fingerprint density at radius 2 is 1.95 bits per heavy atom. The highest BCUT2D eigenvalue weighted by Crippen LogP contribution is 2.22. The molecule has 0 aliphatic carbocycles. The van der Waals surface area contributed by atoms with Gasteiger partial charge in [0.05, 0.1) is 10.0 Å². The number of benzene rings is 1. The van der Waals surface area contributed by atoms with Crippen LogP contribution in [0.5, 0.6) is 0 Å². The summed E-state index contributed by atoms with van der Waals surface area (Å²) in [5.74, 6) is -0.279. The second-order valence-corrected chi connectivity index (χ2v) is 5.55. The van der Waals surface area contributed by atoms with Gasteiger partial charge in [0.1, 0.15) is 0 Å². The van der Waals surface area contributed by atoms with Gasteiger partial charge in [-0.05, 0) is 24.6 Å². The maximum atomic E-state index is 12.0. The molecule has 122 valence electrons. The molecule has 0 bridgehead atoms. The van der Waals surface area contributed by atoms with E-state index in [-0.39, 0.29) is 11.8 Å². The van der Waals surface area contributed by atoms with E-state index in [1.54, 1.807) is 24.1 Å². The van der Waals surface area contributed by atoms with E-state index in [0.29, 0.717) is 41.8 Å². The Morgan fingerprint density at radius 1 is 1.23 bits per heavy atom. The molecule has 0 aromatic heterocycles. The Labute approximate surface area is 140 Å². The predicted octanol–water partition coefficient (Wildman–Crippen LogP) is 2.61. The first-order valence-corrected chi connectivity index (χ1v) is 7.69. The average molecular weight is 347 g/mol. The number of rotatable bonds is 8. The number of carbonyl (C=O) groups excluding carboxylic acids is 2. The highest BCUT2D eigenvalue weighted by molar-refractivity contribution is 6.42. The normalized spacial score (nSPS) is 10.4. The van der Waals surface area contributed by atoms with Crippen LogP contribution in [0.2, 0.25) is 10.0 Å². The molecule has 0 atom stereocenters. The molecule has 0 aliphatic rings. The standard InChI is InChI=1S/C15H20Cl2N2O3/c1-11(20)19(7-3-9-22-2)8-6-18-15(21)12-4-5-13(16)14(17)10-12/h4-5,10H,3,6-9H2,1-2H3,(H,18,21). The molecule has 0 saturated heterocycles. The van der Waals surface area contributed by atoms with Gasteiger partial charge in [-0.2, -0.15) is 0 Å². The molecule has 5 nitrogen and oxygen atoms in total. The van der Waals surface area contributed by atoms with Crippen molar-refractivity contribution < 1.29 is 14.3 Å². The molecule has 0 saturated carbocycles. The van der Waals surface area contributed by atoms with Crippen molar-refractivity contribution in [2.24, 2.45) is 0 Å². The zero-order valence-electron chi connectivity index (χ0n) is 12.7. The predicted molar refractivity (Wildman–Crippen MR) is 87.5 cm³/mol. The lowest BCUT2D eigenvalue weighted by atomic mass is 10.2. The molecule has 0 fully saturated rings. The van der Waals surface area contributed by atoms with Crippen LogP contribution >= 0.6 is 23.2 Å². The Balaban J connectivity index is 2.45. The van der Waals surface area contributed by atoms with Crippen LogP contribution in [0.25, 0.3) is 0 Å². The van der Waals surface area contributed by atoms with E-state index in [0.717, 1.165) is 6.42 Å². The van der Waals surface area contributed by atoms with Gasteiger partial charge < -0.3 is 15.0 Å². The number of methoxy groups -OCH3 is 1. The SMILES string of the molecule is COCCCN(CCNC(=O)c1ccc(Cl)c(Cl)c1)C(C)=O. The summed E-state index contributed by atoms with van der Waals surface area (Å²) < 4.78 is 4.96. The van der Waals surface area contributed by atoms with E-state index < -0.39 is 0 Å². The first-order chi connectivity index (χ1) is 10.5. The summed E-state index contributed by atoms with van der Waals surface area (Å²) in [7, 11) is 1.62. The third kappa shape index (κ3) is 6.22. The van der Waals surface area contributed by atoms with Gasteiger partial charge in [-0.1, -0.05) is 23.2 Å². The van der Waals surface area contributed by atoms with E-state index in [4.69, 9.17) is 27.9 Å². The van der Waals surface area contributed by atoms with Crippen molar-refractivity contribution in [2.45, 2.75) is 13.3 Å². The van der Waals surface area contributed by atoms with Crippen molar-refractivity contribution in [1.82, 2.24) is 10.2 Å². The van der Waals surface area contributed by atoms with Crippen molar-refractivity contribution in [3.8, 4) is 0 Å². The molecule has 1 aromatic carbocycles. The van der Waals surface area contributed by atoms with Crippen LogP contribution in [0.4, 0.5) is 0 Å². The fourth-order valence-corrected chi connectivity index (χ4v) is 2.17. The molecule has 22 heavy (non-hydrogen) atoms. The van der Waals surface area contributed by atoms with Crippen LogP contribution < -0.4 is 5.32 Å². The minimum absolute atomic E-state index is 0.0279. The highest BCUT2D eigenvalue weighted by Gasteiger charge is 2.11. The van der Waals surface area contributed by atoms with Crippen molar-refractivity contribution in [3.63, 3.8) is 0 Å². The molecule has 1 N–H and O–H groups in total. The summed E-state index contributed by atoms with van der Waals surface area (Å²) in [6.45, 7) is 3.52. The van der Waals surface area contributed by atoms with Crippen molar-refractivity contribution >= 4 is 35.0 Å². The molecule has 0 spiro atoms. The van der Waals surface area contributed by atoms with Crippen LogP contribution in [-0.4, -0.2) is 50.1 Å². The number of ether oxygens (including phenoxy) is 1. The monoisotopic (exact) mass is 346 g/mol. The van der Waals surface area contributed by atoms with Gasteiger partial charge in [0.2, 0.25) is 5.91 Å². The number of nitrogens with zero attached hydrogens (tertiary/aromatic N) is 1. The largest absolute Gasteiger partial charge is 0.385 e. The fraction of sp³-hybridized carbons (Fsp3) is 0.467.